The Morgan fingerprint density at radius 2 is 1.96 bits per heavy atom. The molecule has 140 valence electrons. The maximum Gasteiger partial charge on any atom is 0.123 e. The summed E-state index contributed by atoms with van der Waals surface area (Å²) in [6.07, 6.45) is 2.05. The molecule has 1 aliphatic carbocycles. The Morgan fingerprint density at radius 3 is 2.74 bits per heavy atom. The van der Waals surface area contributed by atoms with E-state index in [4.69, 9.17) is 9.72 Å². The van der Waals surface area contributed by atoms with Crippen molar-refractivity contribution < 1.29 is 9.84 Å². The molecule has 4 heteroatoms. The summed E-state index contributed by atoms with van der Waals surface area (Å²) < 4.78 is 5.60. The number of pyridine rings is 1. The Morgan fingerprint density at radius 1 is 1.15 bits per heavy atom. The first-order valence-electron chi connectivity index (χ1n) is 9.40. The van der Waals surface area contributed by atoms with E-state index in [0.29, 0.717) is 12.8 Å². The second-order valence-corrected chi connectivity index (χ2v) is 7.76. The van der Waals surface area contributed by atoms with Gasteiger partial charge >= 0.3 is 0 Å². The number of aliphatic hydroxyl groups is 1. The molecule has 0 amide bonds. The highest BCUT2D eigenvalue weighted by atomic mass is 16.5. The number of ether oxygens (including phenoxy) is 1. The highest BCUT2D eigenvalue weighted by Crippen LogP contribution is 2.38. The molecular weight excluding hydrogens is 336 g/mol. The van der Waals surface area contributed by atoms with Gasteiger partial charge in [0.05, 0.1) is 18.2 Å². The minimum absolute atomic E-state index is 0.531. The number of rotatable bonds is 4. The van der Waals surface area contributed by atoms with Gasteiger partial charge in [0.25, 0.3) is 0 Å². The molecule has 0 saturated heterocycles. The fourth-order valence-corrected chi connectivity index (χ4v) is 4.03. The molecule has 0 saturated carbocycles. The van der Waals surface area contributed by atoms with E-state index >= 15 is 0 Å². The van der Waals surface area contributed by atoms with Crippen LogP contribution in [-0.4, -0.2) is 36.2 Å². The average Bonchev–Trinajstić information content (AvgIpc) is 2.66. The lowest BCUT2D eigenvalue weighted by Gasteiger charge is -2.34. The zero-order valence-corrected chi connectivity index (χ0v) is 16.2. The molecule has 0 spiro atoms. The average molecular weight is 362 g/mol. The van der Waals surface area contributed by atoms with Crippen molar-refractivity contribution in [2.24, 2.45) is 0 Å². The third-order valence-electron chi connectivity index (χ3n) is 5.47. The molecule has 1 aliphatic rings. The standard InChI is InChI=1S/C23H26N2O2/c1-25(2)15-18-8-9-19(13-22(18)27-3)23(26)11-10-17-12-16-6-4-5-7-20(16)24-21(17)14-23/h4-9,12-13,26H,10-11,14-15H2,1-3H3. The molecule has 1 heterocycles. The minimum atomic E-state index is -0.910. The molecule has 3 aromatic rings. The van der Waals surface area contributed by atoms with Crippen molar-refractivity contribution in [3.8, 4) is 5.75 Å². The van der Waals surface area contributed by atoms with Crippen molar-refractivity contribution in [1.82, 2.24) is 9.88 Å². The normalized spacial score (nSPS) is 19.3. The van der Waals surface area contributed by atoms with E-state index in [1.807, 2.05) is 44.4 Å². The van der Waals surface area contributed by atoms with Gasteiger partial charge in [-0.25, -0.2) is 0 Å². The summed E-state index contributed by atoms with van der Waals surface area (Å²) in [5.41, 5.74) is 4.34. The van der Waals surface area contributed by atoms with Gasteiger partial charge in [0.2, 0.25) is 0 Å². The summed E-state index contributed by atoms with van der Waals surface area (Å²) in [6.45, 7) is 0.804. The van der Waals surface area contributed by atoms with Crippen LogP contribution in [0.5, 0.6) is 5.75 Å². The molecule has 1 aromatic heterocycles. The van der Waals surface area contributed by atoms with Gasteiger partial charge in [-0.1, -0.05) is 30.3 Å². The molecule has 4 nitrogen and oxygen atoms in total. The highest BCUT2D eigenvalue weighted by Gasteiger charge is 2.35. The number of nitrogens with zero attached hydrogens (tertiary/aromatic N) is 2. The summed E-state index contributed by atoms with van der Waals surface area (Å²) >= 11 is 0. The first kappa shape index (κ1) is 18.0. The fourth-order valence-electron chi connectivity index (χ4n) is 4.03. The maximum atomic E-state index is 11.4. The summed E-state index contributed by atoms with van der Waals surface area (Å²) in [5, 5.41) is 12.6. The van der Waals surface area contributed by atoms with Gasteiger partial charge in [0, 0.05) is 29.6 Å². The number of hydrogen-bond acceptors (Lipinski definition) is 4. The number of para-hydroxylation sites is 1. The maximum absolute atomic E-state index is 11.4. The first-order chi connectivity index (χ1) is 13.0. The van der Waals surface area contributed by atoms with Crippen LogP contribution in [0.3, 0.4) is 0 Å². The molecule has 1 atom stereocenters. The van der Waals surface area contributed by atoms with Gasteiger partial charge in [-0.05, 0) is 56.3 Å². The van der Waals surface area contributed by atoms with Gasteiger partial charge in [-0.3, -0.25) is 4.98 Å². The summed E-state index contributed by atoms with van der Waals surface area (Å²) in [7, 11) is 5.76. The van der Waals surface area contributed by atoms with E-state index in [9.17, 15) is 5.11 Å². The summed E-state index contributed by atoms with van der Waals surface area (Å²) in [4.78, 5) is 6.95. The van der Waals surface area contributed by atoms with Crippen molar-refractivity contribution in [1.29, 1.82) is 0 Å². The van der Waals surface area contributed by atoms with Gasteiger partial charge in [-0.15, -0.1) is 0 Å². The Bertz CT molecular complexity index is 983. The fraction of sp³-hybridized carbons (Fsp3) is 0.348. The number of fused-ring (bicyclic) bond motifs is 2. The topological polar surface area (TPSA) is 45.6 Å². The lowest BCUT2D eigenvalue weighted by atomic mass is 9.78. The van der Waals surface area contributed by atoms with Crippen molar-refractivity contribution in [2.45, 2.75) is 31.4 Å². The molecule has 1 unspecified atom stereocenters. The number of aryl methyl sites for hydroxylation is 1. The van der Waals surface area contributed by atoms with Crippen LogP contribution in [0.4, 0.5) is 0 Å². The quantitative estimate of drug-likeness (QED) is 0.769. The molecule has 0 aliphatic heterocycles. The smallest absolute Gasteiger partial charge is 0.123 e. The molecule has 4 rings (SSSR count). The molecule has 0 fully saturated rings. The molecular formula is C23H26N2O2. The van der Waals surface area contributed by atoms with Crippen LogP contribution in [0.15, 0.2) is 48.5 Å². The predicted molar refractivity (Wildman–Crippen MR) is 108 cm³/mol. The van der Waals surface area contributed by atoms with E-state index < -0.39 is 5.60 Å². The van der Waals surface area contributed by atoms with E-state index in [2.05, 4.69) is 23.1 Å². The third-order valence-corrected chi connectivity index (χ3v) is 5.47. The minimum Gasteiger partial charge on any atom is -0.496 e. The van der Waals surface area contributed by atoms with Crippen molar-refractivity contribution in [3.05, 3.63) is 70.9 Å². The van der Waals surface area contributed by atoms with E-state index in [1.165, 1.54) is 5.56 Å². The first-order valence-corrected chi connectivity index (χ1v) is 9.40. The Balaban J connectivity index is 1.69. The Kier molecular flexibility index (Phi) is 4.62. The van der Waals surface area contributed by atoms with Crippen molar-refractivity contribution in [2.75, 3.05) is 21.2 Å². The molecule has 2 aromatic carbocycles. The largest absolute Gasteiger partial charge is 0.496 e. The number of hydrogen-bond donors (Lipinski definition) is 1. The SMILES string of the molecule is COc1cc(C2(O)CCc3cc4ccccc4nc3C2)ccc1CN(C)C. The second-order valence-electron chi connectivity index (χ2n) is 7.76. The van der Waals surface area contributed by atoms with Gasteiger partial charge < -0.3 is 14.7 Å². The molecule has 0 bridgehead atoms. The predicted octanol–water partition coefficient (Wildman–Crippen LogP) is 3.68. The third kappa shape index (κ3) is 3.43. The van der Waals surface area contributed by atoms with Crippen LogP contribution in [0.25, 0.3) is 10.9 Å². The number of aromatic nitrogens is 1. The van der Waals surface area contributed by atoms with Crippen LogP contribution in [0.1, 0.15) is 28.8 Å². The molecule has 0 radical (unpaired) electrons. The van der Waals surface area contributed by atoms with E-state index in [-0.39, 0.29) is 0 Å². The van der Waals surface area contributed by atoms with Crippen molar-refractivity contribution >= 4 is 10.9 Å². The van der Waals surface area contributed by atoms with Gasteiger partial charge in [0.1, 0.15) is 5.75 Å². The van der Waals surface area contributed by atoms with Crippen LogP contribution in [0, 0.1) is 0 Å². The van der Waals surface area contributed by atoms with Crippen LogP contribution < -0.4 is 4.74 Å². The number of methoxy groups -OCH3 is 1. The van der Waals surface area contributed by atoms with E-state index in [0.717, 1.165) is 46.4 Å². The monoisotopic (exact) mass is 362 g/mol. The second kappa shape index (κ2) is 6.95. The Labute approximate surface area is 160 Å². The highest BCUT2D eigenvalue weighted by molar-refractivity contribution is 5.79. The lowest BCUT2D eigenvalue weighted by molar-refractivity contribution is 0.0209. The molecule has 27 heavy (non-hydrogen) atoms. The van der Waals surface area contributed by atoms with Gasteiger partial charge in [-0.2, -0.15) is 0 Å². The van der Waals surface area contributed by atoms with Crippen LogP contribution >= 0.6 is 0 Å². The van der Waals surface area contributed by atoms with E-state index in [1.54, 1.807) is 7.11 Å². The van der Waals surface area contributed by atoms with Crippen molar-refractivity contribution in [3.63, 3.8) is 0 Å². The lowest BCUT2D eigenvalue weighted by Crippen LogP contribution is -2.33. The zero-order chi connectivity index (χ0) is 19.0. The van der Waals surface area contributed by atoms with Gasteiger partial charge in [0.15, 0.2) is 0 Å². The summed E-state index contributed by atoms with van der Waals surface area (Å²) in [6, 6.07) is 16.5. The zero-order valence-electron chi connectivity index (χ0n) is 16.2. The van der Waals surface area contributed by atoms with Crippen LogP contribution in [-0.2, 0) is 25.0 Å². The number of benzene rings is 2. The Hall–Kier alpha value is -2.43. The molecule has 1 N–H and O–H groups in total. The summed E-state index contributed by atoms with van der Waals surface area (Å²) in [5.74, 6) is 0.826. The van der Waals surface area contributed by atoms with Crippen LogP contribution in [0.2, 0.25) is 0 Å².